The minimum absolute atomic E-state index is 0.139. The Labute approximate surface area is 197 Å². The second kappa shape index (κ2) is 9.23. The van der Waals surface area contributed by atoms with Gasteiger partial charge < -0.3 is 14.5 Å². The number of anilines is 2. The van der Waals surface area contributed by atoms with Crippen LogP contribution in [0.25, 0.3) is 0 Å². The maximum absolute atomic E-state index is 13.3. The van der Waals surface area contributed by atoms with Crippen LogP contribution in [0.15, 0.2) is 54.6 Å². The molecule has 3 aromatic rings. The second-order valence-electron chi connectivity index (χ2n) is 8.22. The van der Waals surface area contributed by atoms with Gasteiger partial charge in [0.25, 0.3) is 5.91 Å². The largest absolute Gasteiger partial charge is 0.495 e. The lowest BCUT2D eigenvalue weighted by Crippen LogP contribution is -2.50. The van der Waals surface area contributed by atoms with Crippen molar-refractivity contribution in [3.05, 3.63) is 70.7 Å². The number of rotatable bonds is 5. The highest BCUT2D eigenvalue weighted by Crippen LogP contribution is 2.39. The molecule has 2 heterocycles. The molecule has 1 atom stereocenters. The number of aryl methyl sites for hydroxylation is 1. The molecular weight excluding hydrogens is 436 g/mol. The number of ether oxygens (including phenoxy) is 1. The Bertz CT molecular complexity index is 1160. The monoisotopic (exact) mass is 462 g/mol. The number of nitrogens with one attached hydrogen (secondary N) is 1. The number of hydrogen-bond donors (Lipinski definition) is 1. The van der Waals surface area contributed by atoms with Gasteiger partial charge in [-0.3, -0.25) is 14.9 Å². The Morgan fingerprint density at radius 3 is 2.52 bits per heavy atom. The number of methoxy groups -OCH3 is 1. The van der Waals surface area contributed by atoms with Gasteiger partial charge in [-0.05, 0) is 37.1 Å². The van der Waals surface area contributed by atoms with Gasteiger partial charge in [-0.1, -0.05) is 30.3 Å². The third-order valence-electron chi connectivity index (χ3n) is 6.29. The molecule has 8 heteroatoms. The van der Waals surface area contributed by atoms with Crippen LogP contribution in [0.2, 0.25) is 0 Å². The molecule has 1 fully saturated rings. The molecule has 5 rings (SSSR count). The summed E-state index contributed by atoms with van der Waals surface area (Å²) in [6.45, 7) is 2.87. The second-order valence-corrected chi connectivity index (χ2v) is 9.31. The van der Waals surface area contributed by atoms with Gasteiger partial charge >= 0.3 is 0 Å². The fraction of sp³-hybridized carbons (Fsp3) is 0.320. The molecule has 1 aromatic heterocycles. The van der Waals surface area contributed by atoms with Crippen molar-refractivity contribution in [2.45, 2.75) is 18.8 Å². The molecule has 0 bridgehead atoms. The van der Waals surface area contributed by atoms with E-state index in [9.17, 15) is 9.59 Å². The third kappa shape index (κ3) is 4.30. The lowest BCUT2D eigenvalue weighted by atomic mass is 10.1. The zero-order chi connectivity index (χ0) is 22.8. The summed E-state index contributed by atoms with van der Waals surface area (Å²) < 4.78 is 5.49. The highest BCUT2D eigenvalue weighted by molar-refractivity contribution is 7.16. The Kier molecular flexibility index (Phi) is 6.00. The summed E-state index contributed by atoms with van der Waals surface area (Å²) in [6, 6.07) is 17.1. The van der Waals surface area contributed by atoms with E-state index in [0.717, 1.165) is 47.9 Å². The molecule has 1 aliphatic heterocycles. The maximum Gasteiger partial charge on any atom is 0.257 e. The first-order valence-corrected chi connectivity index (χ1v) is 12.0. The molecule has 1 aliphatic carbocycles. The average Bonchev–Trinajstić information content (AvgIpc) is 3.44. The zero-order valence-electron chi connectivity index (χ0n) is 18.5. The van der Waals surface area contributed by atoms with Crippen molar-refractivity contribution in [2.24, 2.45) is 0 Å². The SMILES string of the molecule is COc1ccccc1N1CCN(C(=O)C2CCc3sc(NC(=O)c4ccccc4)nc32)CC1. The van der Waals surface area contributed by atoms with Gasteiger partial charge in [0.15, 0.2) is 5.13 Å². The summed E-state index contributed by atoms with van der Waals surface area (Å²) in [5.41, 5.74) is 2.49. The van der Waals surface area contributed by atoms with E-state index in [2.05, 4.69) is 21.3 Å². The van der Waals surface area contributed by atoms with Crippen LogP contribution >= 0.6 is 11.3 Å². The fourth-order valence-electron chi connectivity index (χ4n) is 4.56. The molecule has 0 saturated carbocycles. The first-order chi connectivity index (χ1) is 16.1. The van der Waals surface area contributed by atoms with E-state index >= 15 is 0 Å². The number of nitrogens with zero attached hydrogens (tertiary/aromatic N) is 3. The van der Waals surface area contributed by atoms with Gasteiger partial charge in [0.05, 0.1) is 24.4 Å². The highest BCUT2D eigenvalue weighted by atomic mass is 32.1. The number of thiazole rings is 1. The van der Waals surface area contributed by atoms with Gasteiger partial charge in [0.2, 0.25) is 5.91 Å². The molecule has 0 radical (unpaired) electrons. The molecule has 1 saturated heterocycles. The Morgan fingerprint density at radius 1 is 1.03 bits per heavy atom. The normalized spacial score (nSPS) is 17.5. The van der Waals surface area contributed by atoms with Crippen molar-refractivity contribution < 1.29 is 14.3 Å². The Hall–Kier alpha value is -3.39. The van der Waals surface area contributed by atoms with E-state index < -0.39 is 0 Å². The molecule has 170 valence electrons. The zero-order valence-corrected chi connectivity index (χ0v) is 19.3. The summed E-state index contributed by atoms with van der Waals surface area (Å²) in [6.07, 6.45) is 1.61. The summed E-state index contributed by atoms with van der Waals surface area (Å²) in [5, 5.41) is 3.45. The van der Waals surface area contributed by atoms with Crippen LogP contribution in [0.5, 0.6) is 5.75 Å². The van der Waals surface area contributed by atoms with Gasteiger partial charge in [-0.15, -0.1) is 11.3 Å². The molecule has 2 aromatic carbocycles. The van der Waals surface area contributed by atoms with Crippen LogP contribution in [-0.2, 0) is 11.2 Å². The van der Waals surface area contributed by atoms with Crippen molar-refractivity contribution in [3.8, 4) is 5.75 Å². The molecule has 1 unspecified atom stereocenters. The molecule has 33 heavy (non-hydrogen) atoms. The predicted molar refractivity (Wildman–Crippen MR) is 129 cm³/mol. The standard InChI is InChI=1S/C25H26N4O3S/c1-32-20-10-6-5-9-19(20)28-13-15-29(16-14-28)24(31)18-11-12-21-22(18)26-25(33-21)27-23(30)17-7-3-2-4-8-17/h2-10,18H,11-16H2,1H3,(H,26,27,30). The average molecular weight is 463 g/mol. The van der Waals surface area contributed by atoms with Gasteiger partial charge in [-0.25, -0.2) is 4.98 Å². The lowest BCUT2D eigenvalue weighted by molar-refractivity contribution is -0.133. The minimum atomic E-state index is -0.226. The number of carbonyl (C=O) groups is 2. The van der Waals surface area contributed by atoms with Crippen LogP contribution in [0.1, 0.15) is 33.3 Å². The van der Waals surface area contributed by atoms with Crippen molar-refractivity contribution in [1.82, 2.24) is 9.88 Å². The van der Waals surface area contributed by atoms with E-state index in [1.807, 2.05) is 41.3 Å². The van der Waals surface area contributed by atoms with Crippen molar-refractivity contribution in [2.75, 3.05) is 43.5 Å². The quantitative estimate of drug-likeness (QED) is 0.625. The Balaban J connectivity index is 1.23. The van der Waals surface area contributed by atoms with Crippen LogP contribution < -0.4 is 15.0 Å². The summed E-state index contributed by atoms with van der Waals surface area (Å²) in [5.74, 6) is 0.583. The molecule has 2 aliphatic rings. The topological polar surface area (TPSA) is 74.8 Å². The first kappa shape index (κ1) is 21.5. The first-order valence-electron chi connectivity index (χ1n) is 11.2. The van der Waals surface area contributed by atoms with Gasteiger partial charge in [0, 0.05) is 36.6 Å². The number of carbonyl (C=O) groups excluding carboxylic acids is 2. The van der Waals surface area contributed by atoms with Crippen molar-refractivity contribution in [1.29, 1.82) is 0 Å². The number of hydrogen-bond acceptors (Lipinski definition) is 6. The molecule has 1 N–H and O–H groups in total. The number of para-hydroxylation sites is 2. The number of aromatic nitrogens is 1. The van der Waals surface area contributed by atoms with Crippen LogP contribution in [-0.4, -0.2) is 55.0 Å². The minimum Gasteiger partial charge on any atom is -0.495 e. The lowest BCUT2D eigenvalue weighted by Gasteiger charge is -2.37. The summed E-state index contributed by atoms with van der Waals surface area (Å²) in [4.78, 5) is 35.8. The number of benzene rings is 2. The van der Waals surface area contributed by atoms with Crippen molar-refractivity contribution >= 4 is 34.0 Å². The molecule has 2 amide bonds. The fourth-order valence-corrected chi connectivity index (χ4v) is 5.59. The van der Waals surface area contributed by atoms with E-state index in [1.54, 1.807) is 19.2 Å². The summed E-state index contributed by atoms with van der Waals surface area (Å²) >= 11 is 1.48. The highest BCUT2D eigenvalue weighted by Gasteiger charge is 2.36. The third-order valence-corrected chi connectivity index (χ3v) is 7.34. The van der Waals surface area contributed by atoms with E-state index in [0.29, 0.717) is 23.8 Å². The van der Waals surface area contributed by atoms with Gasteiger partial charge in [-0.2, -0.15) is 0 Å². The van der Waals surface area contributed by atoms with Crippen LogP contribution in [0.3, 0.4) is 0 Å². The number of piperazine rings is 1. The van der Waals surface area contributed by atoms with E-state index in [4.69, 9.17) is 4.74 Å². The maximum atomic E-state index is 13.3. The van der Waals surface area contributed by atoms with E-state index in [1.165, 1.54) is 11.3 Å². The summed E-state index contributed by atoms with van der Waals surface area (Å²) in [7, 11) is 1.68. The van der Waals surface area contributed by atoms with E-state index in [-0.39, 0.29) is 17.7 Å². The molecule has 7 nitrogen and oxygen atoms in total. The Morgan fingerprint density at radius 2 is 1.76 bits per heavy atom. The number of fused-ring (bicyclic) bond motifs is 1. The predicted octanol–water partition coefficient (Wildman–Crippen LogP) is 3.78. The smallest absolute Gasteiger partial charge is 0.257 e. The number of amides is 2. The van der Waals surface area contributed by atoms with Crippen LogP contribution in [0.4, 0.5) is 10.8 Å². The molecule has 0 spiro atoms. The molecular formula is C25H26N4O3S. The van der Waals surface area contributed by atoms with Crippen molar-refractivity contribution in [3.63, 3.8) is 0 Å². The van der Waals surface area contributed by atoms with Gasteiger partial charge in [0.1, 0.15) is 5.75 Å². The van der Waals surface area contributed by atoms with Crippen LogP contribution in [0, 0.1) is 0 Å².